The Balaban J connectivity index is 0.0000000700. The molecule has 8 nitrogen and oxygen atoms in total. The lowest BCUT2D eigenvalue weighted by Crippen LogP contribution is -2.38. The summed E-state index contributed by atoms with van der Waals surface area (Å²) in [6, 6.07) is 0. The third kappa shape index (κ3) is 15.3. The molecule has 62 atom stereocenters. The van der Waals surface area contributed by atoms with Crippen LogP contribution in [0.15, 0.2) is 0 Å². The van der Waals surface area contributed by atoms with Crippen LogP contribution in [0.5, 0.6) is 0 Å². The molecule has 135 heavy (non-hydrogen) atoms. The molecule has 8 heteroatoms. The zero-order chi connectivity index (χ0) is 87.2. The van der Waals surface area contributed by atoms with Gasteiger partial charge in [0.15, 0.2) is 0 Å². The lowest BCUT2D eigenvalue weighted by molar-refractivity contribution is 0.0418. The molecule has 0 aromatic carbocycles. The monoisotopic (exact) mass is 1840 g/mol. The summed E-state index contributed by atoms with van der Waals surface area (Å²) >= 11 is 0. The second kappa shape index (κ2) is 34.1. The number of epoxide rings is 8. The van der Waals surface area contributed by atoms with Crippen LogP contribution in [0.25, 0.3) is 0 Å². The molecule has 30 bridgehead atoms. The predicted octanol–water partition coefficient (Wildman–Crippen LogP) is 27.5. The summed E-state index contributed by atoms with van der Waals surface area (Å²) in [6.45, 7) is 8.73. The third-order valence-corrected chi connectivity index (χ3v) is 56.8. The van der Waals surface area contributed by atoms with Crippen molar-refractivity contribution in [1.29, 1.82) is 0 Å². The van der Waals surface area contributed by atoms with Gasteiger partial charge in [-0.25, -0.2) is 0 Å². The van der Waals surface area contributed by atoms with Gasteiger partial charge >= 0.3 is 0 Å². The number of ether oxygens (including phenoxy) is 8. The largest absolute Gasteiger partial charge is 0.373 e. The summed E-state index contributed by atoms with van der Waals surface area (Å²) in [7, 11) is 0. The van der Waals surface area contributed by atoms with Gasteiger partial charge in [-0.15, -0.1) is 0 Å². The number of hydrogen-bond acceptors (Lipinski definition) is 8. The molecule has 8 heterocycles. The molecule has 0 N–H and O–H groups in total. The molecular weight excluding hydrogens is 1650 g/mol. The van der Waals surface area contributed by atoms with E-state index < -0.39 is 0 Å². The van der Waals surface area contributed by atoms with Crippen LogP contribution in [-0.2, 0) is 37.9 Å². The molecule has 0 spiro atoms. The van der Waals surface area contributed by atoms with Gasteiger partial charge in [-0.2, -0.15) is 0 Å². The van der Waals surface area contributed by atoms with Crippen LogP contribution in [0.4, 0.5) is 0 Å². The van der Waals surface area contributed by atoms with Gasteiger partial charge < -0.3 is 37.9 Å². The van der Waals surface area contributed by atoms with Gasteiger partial charge in [0, 0.05) is 0 Å². The Morgan fingerprint density at radius 2 is 0.289 bits per heavy atom. The first-order valence-electron chi connectivity index (χ1n) is 63.6. The molecule has 0 aromatic rings. The second-order valence-electron chi connectivity index (χ2n) is 61.3. The van der Waals surface area contributed by atoms with Crippen LogP contribution in [0.1, 0.15) is 353 Å². The highest BCUT2D eigenvalue weighted by Gasteiger charge is 2.71. The molecule has 0 aromatic heterocycles. The molecule has 8 saturated heterocycles. The number of fused-ring (bicyclic) bond motifs is 45. The summed E-state index contributed by atoms with van der Waals surface area (Å²) in [5.74, 6) is 62.4. The normalized spacial score (nSPS) is 63.0. The Morgan fingerprint density at radius 3 is 0.630 bits per heavy atom. The van der Waals surface area contributed by atoms with Crippen molar-refractivity contribution in [3.63, 3.8) is 0 Å². The van der Waals surface area contributed by atoms with Gasteiger partial charge in [-0.05, 0) is 601 Å². The molecule has 58 unspecified atom stereocenters. The van der Waals surface area contributed by atoms with E-state index in [0.29, 0.717) is 48.8 Å². The van der Waals surface area contributed by atoms with Gasteiger partial charge in [0.2, 0.25) is 0 Å². The maximum atomic E-state index is 5.73. The smallest absolute Gasteiger partial charge is 0.0840 e. The standard InChI is InChI=1S/2C21H30O.2C16H24O.2C15H24O.C14H20O.C9H14O/c1-2-12-6-11(1)20-13-7-16(18(8-13)21(12)20)14-3-10-4-15(14)17(5-10)19-9-22-19;1-2-11-3-10(1)20-14-7-17(18(8-14)21(11)20)15-5-13-4-12(15)6-16(13)19-9-22-19;1-2-11-3-9(1)4-12(11)13-5-10-6-14(13)15(7-10)16-8-17-16;1-2-10-3-9(1)4-13(10)14-6-12-5-11(14)7-15(12)16-8-17-16;1-2-4-11(5-3-1)12-6-10-7-13(12)14(8-10)15-9-16-15;1-2-4-10(5-3-1)13-7-12-6-11(13)8-14(12)15-9-16-15;1-2-8-3-7(1)13-9-4-10(12-6-15-12)11(5-9)14(8)13;1-2-7-3-6(1)4-8(7)9-5-10-9/h2*10-21H,1-9H2;2*9-16H,1-8H2;2*10-15H,1-9H2;7-14H,1-6H2;6-9H,1-5H2/t;;;;;;;6-,7+,8+,9-/m.......1/s1. The number of rotatable bonds is 14. The first kappa shape index (κ1) is 86.6. The fraction of sp³-hybridized carbons (Fsp3) is 1.00. The Kier molecular flexibility index (Phi) is 21.9. The van der Waals surface area contributed by atoms with Gasteiger partial charge in [-0.1, -0.05) is 83.5 Å². The highest BCUT2D eigenvalue weighted by molar-refractivity contribution is 5.20. The fourth-order valence-electron chi connectivity index (χ4n) is 52.5. The summed E-state index contributed by atoms with van der Waals surface area (Å²) in [5, 5.41) is 0. The SMILES string of the molecule is C1C2CC(C3CC4CC3C3C5CCC(C5)C43)C1CC2C1CO1.C1CC2CC1C1C3CC(C4CC5CC(C6CO6)C4C5)C(C3)C21.C1CC2CC1C1C3CC(C4CO4)C(C3)C21.C1CC2CC1CC2C1CC2CC(C3CO3)C1C2.C1CC2CC1CC2C1CC2CC1CC2C1CO1.C1CCC(C2CC3CC(C4CO4)C2C3)CC1.C1CCC(C2CC3CC2CC3C2CO2)CC1.C1C[C@H]2C[C@@H]1C[C@@H]2[C@H]1CO1. The van der Waals surface area contributed by atoms with E-state index in [1.54, 1.807) is 257 Å². The molecule has 746 valence electrons. The second-order valence-corrected chi connectivity index (χ2v) is 61.3. The first-order valence-corrected chi connectivity index (χ1v) is 63.6. The topological polar surface area (TPSA) is 100 Å². The quantitative estimate of drug-likeness (QED) is 0.125. The van der Waals surface area contributed by atoms with Crippen molar-refractivity contribution in [3.05, 3.63) is 0 Å². The molecule has 8 aliphatic heterocycles. The van der Waals surface area contributed by atoms with E-state index in [-0.39, 0.29) is 0 Å². The minimum atomic E-state index is 0.696. The molecule has 0 amide bonds. The van der Waals surface area contributed by atoms with E-state index in [2.05, 4.69) is 0 Å². The third-order valence-electron chi connectivity index (χ3n) is 56.8. The maximum absolute atomic E-state index is 5.73. The highest BCUT2D eigenvalue weighted by Crippen LogP contribution is 2.77. The van der Waals surface area contributed by atoms with Crippen molar-refractivity contribution in [1.82, 2.24) is 0 Å². The van der Waals surface area contributed by atoms with Crippen LogP contribution in [-0.4, -0.2) is 102 Å². The van der Waals surface area contributed by atoms with E-state index in [9.17, 15) is 0 Å². The molecule has 40 rings (SSSR count). The Morgan fingerprint density at radius 1 is 0.0963 bits per heavy atom. The van der Waals surface area contributed by atoms with E-state index >= 15 is 0 Å². The Bertz CT molecular complexity index is 4230. The zero-order valence-electron chi connectivity index (χ0n) is 84.8. The van der Waals surface area contributed by atoms with Crippen molar-refractivity contribution in [2.24, 2.45) is 331 Å². The lowest BCUT2D eigenvalue weighted by Gasteiger charge is -2.44. The Hall–Kier alpha value is -0.320. The average Bonchev–Trinajstić information content (AvgIpc) is 1.54. The first-order chi connectivity index (χ1) is 66.7. The van der Waals surface area contributed by atoms with E-state index in [4.69, 9.17) is 37.9 Å². The van der Waals surface area contributed by atoms with Crippen LogP contribution in [0.3, 0.4) is 0 Å². The van der Waals surface area contributed by atoms with E-state index in [1.807, 2.05) is 0 Å². The van der Waals surface area contributed by atoms with E-state index in [0.717, 1.165) is 301 Å². The molecule has 0 radical (unpaired) electrons. The summed E-state index contributed by atoms with van der Waals surface area (Å²) in [6.07, 6.45) is 92.1. The molecule has 40 aliphatic rings. The van der Waals surface area contributed by atoms with Gasteiger partial charge in [0.25, 0.3) is 0 Å². The molecule has 40 fully saturated rings. The maximum Gasteiger partial charge on any atom is 0.0840 e. The number of hydrogen-bond donors (Lipinski definition) is 0. The van der Waals surface area contributed by atoms with Gasteiger partial charge in [0.1, 0.15) is 0 Å². The molecular formula is C127H190O8. The van der Waals surface area contributed by atoms with Crippen LogP contribution >= 0.6 is 0 Å². The molecule has 32 saturated carbocycles. The van der Waals surface area contributed by atoms with Crippen LogP contribution in [0.2, 0.25) is 0 Å². The van der Waals surface area contributed by atoms with E-state index in [1.165, 1.54) is 179 Å². The lowest BCUT2D eigenvalue weighted by atomic mass is 9.61. The zero-order valence-corrected chi connectivity index (χ0v) is 84.8. The van der Waals surface area contributed by atoms with Gasteiger partial charge in [0.05, 0.1) is 102 Å². The highest BCUT2D eigenvalue weighted by atomic mass is 16.6. The fourth-order valence-corrected chi connectivity index (χ4v) is 52.5. The predicted molar refractivity (Wildman–Crippen MR) is 527 cm³/mol. The summed E-state index contributed by atoms with van der Waals surface area (Å²) < 4.78 is 44.6. The van der Waals surface area contributed by atoms with Crippen LogP contribution < -0.4 is 0 Å². The minimum absolute atomic E-state index is 0.696. The van der Waals surface area contributed by atoms with Crippen molar-refractivity contribution < 1.29 is 37.9 Å². The van der Waals surface area contributed by atoms with Crippen molar-refractivity contribution in [2.45, 2.75) is 402 Å². The summed E-state index contributed by atoms with van der Waals surface area (Å²) in [5.41, 5.74) is 0. The average molecular weight is 1840 g/mol. The van der Waals surface area contributed by atoms with Crippen molar-refractivity contribution in [3.8, 4) is 0 Å². The van der Waals surface area contributed by atoms with Crippen LogP contribution in [0, 0.1) is 331 Å². The minimum Gasteiger partial charge on any atom is -0.373 e. The van der Waals surface area contributed by atoms with Crippen molar-refractivity contribution in [2.75, 3.05) is 52.9 Å². The summed E-state index contributed by atoms with van der Waals surface area (Å²) in [4.78, 5) is 0. The van der Waals surface area contributed by atoms with Crippen molar-refractivity contribution >= 4 is 0 Å². The van der Waals surface area contributed by atoms with Gasteiger partial charge in [-0.3, -0.25) is 0 Å². The molecule has 32 aliphatic carbocycles. The Labute approximate surface area is 818 Å².